The Hall–Kier alpha value is -2.24. The van der Waals surface area contributed by atoms with Gasteiger partial charge < -0.3 is 20.6 Å². The SMILES string of the molecule is CCC(=O)NC(Cc1ccc(O)c(O)c1)C(=O)O. The molecule has 1 rings (SSSR count). The fraction of sp³-hybridized carbons (Fsp3) is 0.333. The normalized spacial score (nSPS) is 11.8. The van der Waals surface area contributed by atoms with Gasteiger partial charge in [0.25, 0.3) is 0 Å². The number of carbonyl (C=O) groups is 2. The van der Waals surface area contributed by atoms with E-state index in [0.29, 0.717) is 5.56 Å². The molecule has 0 saturated carbocycles. The Morgan fingerprint density at radius 3 is 2.44 bits per heavy atom. The van der Waals surface area contributed by atoms with Gasteiger partial charge in [0.1, 0.15) is 6.04 Å². The van der Waals surface area contributed by atoms with Crippen molar-refractivity contribution in [1.82, 2.24) is 5.32 Å². The molecule has 0 fully saturated rings. The molecule has 0 spiro atoms. The maximum atomic E-state index is 11.2. The second-order valence-electron chi connectivity index (χ2n) is 3.84. The predicted molar refractivity (Wildman–Crippen MR) is 63.3 cm³/mol. The summed E-state index contributed by atoms with van der Waals surface area (Å²) in [4.78, 5) is 22.2. The summed E-state index contributed by atoms with van der Waals surface area (Å²) in [5, 5.41) is 29.8. The third-order valence-electron chi connectivity index (χ3n) is 2.43. The van der Waals surface area contributed by atoms with E-state index < -0.39 is 12.0 Å². The molecular weight excluding hydrogens is 238 g/mol. The van der Waals surface area contributed by atoms with Crippen LogP contribution in [-0.4, -0.2) is 33.2 Å². The molecule has 1 atom stereocenters. The van der Waals surface area contributed by atoms with Crippen LogP contribution in [0.5, 0.6) is 11.5 Å². The number of benzene rings is 1. The summed E-state index contributed by atoms with van der Waals surface area (Å²) in [7, 11) is 0. The van der Waals surface area contributed by atoms with Gasteiger partial charge in [-0.1, -0.05) is 13.0 Å². The van der Waals surface area contributed by atoms with Crippen molar-refractivity contribution < 1.29 is 24.9 Å². The first kappa shape index (κ1) is 13.8. The average Bonchev–Trinajstić information content (AvgIpc) is 2.32. The topological polar surface area (TPSA) is 107 Å². The van der Waals surface area contributed by atoms with Crippen molar-refractivity contribution in [3.8, 4) is 11.5 Å². The molecule has 18 heavy (non-hydrogen) atoms. The highest BCUT2D eigenvalue weighted by molar-refractivity contribution is 5.83. The molecule has 1 amide bonds. The number of nitrogens with one attached hydrogen (secondary N) is 1. The number of phenols is 2. The van der Waals surface area contributed by atoms with Gasteiger partial charge >= 0.3 is 5.97 Å². The molecule has 4 N–H and O–H groups in total. The van der Waals surface area contributed by atoms with Crippen molar-refractivity contribution in [3.05, 3.63) is 23.8 Å². The molecule has 0 aromatic heterocycles. The Morgan fingerprint density at radius 2 is 1.94 bits per heavy atom. The lowest BCUT2D eigenvalue weighted by Crippen LogP contribution is -2.42. The minimum Gasteiger partial charge on any atom is -0.504 e. The molecule has 0 bridgehead atoms. The monoisotopic (exact) mass is 253 g/mol. The van der Waals surface area contributed by atoms with Gasteiger partial charge in [-0.3, -0.25) is 4.79 Å². The molecule has 0 aliphatic carbocycles. The second kappa shape index (κ2) is 5.90. The number of carboxylic acids is 1. The molecule has 1 aromatic rings. The lowest BCUT2D eigenvalue weighted by molar-refractivity contribution is -0.141. The standard InChI is InChI=1S/C12H15NO5/c1-2-11(16)13-8(12(17)18)5-7-3-4-9(14)10(15)6-7/h3-4,6,8,14-15H,2,5H2,1H3,(H,13,16)(H,17,18). The summed E-state index contributed by atoms with van der Waals surface area (Å²) in [5.41, 5.74) is 0.508. The van der Waals surface area contributed by atoms with E-state index >= 15 is 0 Å². The van der Waals surface area contributed by atoms with E-state index in [-0.39, 0.29) is 30.2 Å². The van der Waals surface area contributed by atoms with Gasteiger partial charge in [-0.2, -0.15) is 0 Å². The third-order valence-corrected chi connectivity index (χ3v) is 2.43. The van der Waals surface area contributed by atoms with Gasteiger partial charge in [0.05, 0.1) is 0 Å². The number of amides is 1. The number of aromatic hydroxyl groups is 2. The highest BCUT2D eigenvalue weighted by Crippen LogP contribution is 2.25. The van der Waals surface area contributed by atoms with Crippen molar-refractivity contribution in [1.29, 1.82) is 0 Å². The first-order chi connectivity index (χ1) is 8.43. The van der Waals surface area contributed by atoms with E-state index in [1.54, 1.807) is 6.92 Å². The smallest absolute Gasteiger partial charge is 0.326 e. The van der Waals surface area contributed by atoms with Crippen LogP contribution in [0.4, 0.5) is 0 Å². The van der Waals surface area contributed by atoms with Crippen LogP contribution in [-0.2, 0) is 16.0 Å². The van der Waals surface area contributed by atoms with Crippen LogP contribution in [0.3, 0.4) is 0 Å². The zero-order valence-electron chi connectivity index (χ0n) is 9.88. The molecule has 0 radical (unpaired) electrons. The molecule has 0 heterocycles. The van der Waals surface area contributed by atoms with E-state index in [1.165, 1.54) is 18.2 Å². The summed E-state index contributed by atoms with van der Waals surface area (Å²) in [5.74, 6) is -2.10. The molecule has 1 aromatic carbocycles. The summed E-state index contributed by atoms with van der Waals surface area (Å²) in [6.45, 7) is 1.63. The number of rotatable bonds is 5. The minimum atomic E-state index is -1.15. The first-order valence-electron chi connectivity index (χ1n) is 5.47. The van der Waals surface area contributed by atoms with Gasteiger partial charge in [-0.05, 0) is 17.7 Å². The fourth-order valence-corrected chi connectivity index (χ4v) is 1.43. The summed E-state index contributed by atoms with van der Waals surface area (Å²) >= 11 is 0. The number of phenolic OH excluding ortho intramolecular Hbond substituents is 2. The Balaban J connectivity index is 2.80. The van der Waals surface area contributed by atoms with Gasteiger partial charge in [0.2, 0.25) is 5.91 Å². The molecule has 1 unspecified atom stereocenters. The maximum Gasteiger partial charge on any atom is 0.326 e. The quantitative estimate of drug-likeness (QED) is 0.575. The van der Waals surface area contributed by atoms with Crippen LogP contribution in [0.2, 0.25) is 0 Å². The first-order valence-corrected chi connectivity index (χ1v) is 5.47. The Morgan fingerprint density at radius 1 is 1.28 bits per heavy atom. The zero-order chi connectivity index (χ0) is 13.7. The Kier molecular flexibility index (Phi) is 4.53. The van der Waals surface area contributed by atoms with Gasteiger partial charge in [-0.25, -0.2) is 4.79 Å². The van der Waals surface area contributed by atoms with E-state index in [4.69, 9.17) is 10.2 Å². The zero-order valence-corrected chi connectivity index (χ0v) is 9.88. The van der Waals surface area contributed by atoms with Crippen molar-refractivity contribution >= 4 is 11.9 Å². The van der Waals surface area contributed by atoms with E-state index in [2.05, 4.69) is 5.32 Å². The fourth-order valence-electron chi connectivity index (χ4n) is 1.43. The molecule has 0 aliphatic heterocycles. The van der Waals surface area contributed by atoms with E-state index in [9.17, 15) is 14.7 Å². The molecule has 0 aliphatic rings. The van der Waals surface area contributed by atoms with E-state index in [0.717, 1.165) is 0 Å². The molecule has 6 heteroatoms. The summed E-state index contributed by atoms with van der Waals surface area (Å²) in [6.07, 6.45) is 0.236. The highest BCUT2D eigenvalue weighted by Gasteiger charge is 2.20. The summed E-state index contributed by atoms with van der Waals surface area (Å²) in [6, 6.07) is 2.97. The summed E-state index contributed by atoms with van der Waals surface area (Å²) < 4.78 is 0. The highest BCUT2D eigenvalue weighted by atomic mass is 16.4. The largest absolute Gasteiger partial charge is 0.504 e. The lowest BCUT2D eigenvalue weighted by Gasteiger charge is -2.14. The molecule has 98 valence electrons. The third kappa shape index (κ3) is 3.65. The number of hydrogen-bond donors (Lipinski definition) is 4. The van der Waals surface area contributed by atoms with Crippen LogP contribution in [0.15, 0.2) is 18.2 Å². The number of carbonyl (C=O) groups excluding carboxylic acids is 1. The molecule has 0 saturated heterocycles. The van der Waals surface area contributed by atoms with Crippen molar-refractivity contribution in [2.24, 2.45) is 0 Å². The van der Waals surface area contributed by atoms with Gasteiger partial charge in [0, 0.05) is 12.8 Å². The number of hydrogen-bond acceptors (Lipinski definition) is 4. The van der Waals surface area contributed by atoms with Crippen molar-refractivity contribution in [2.75, 3.05) is 0 Å². The van der Waals surface area contributed by atoms with Crippen LogP contribution >= 0.6 is 0 Å². The molecule has 6 nitrogen and oxygen atoms in total. The van der Waals surface area contributed by atoms with Crippen molar-refractivity contribution in [3.63, 3.8) is 0 Å². The maximum absolute atomic E-state index is 11.2. The van der Waals surface area contributed by atoms with Crippen LogP contribution < -0.4 is 5.32 Å². The lowest BCUT2D eigenvalue weighted by atomic mass is 10.1. The average molecular weight is 253 g/mol. The van der Waals surface area contributed by atoms with Gasteiger partial charge in [-0.15, -0.1) is 0 Å². The Labute approximate surface area is 104 Å². The Bertz CT molecular complexity index is 458. The second-order valence-corrected chi connectivity index (χ2v) is 3.84. The number of carboxylic acid groups (broad SMARTS) is 1. The predicted octanol–water partition coefficient (Wildman–Crippen LogP) is 0.620. The van der Waals surface area contributed by atoms with Crippen LogP contribution in [0, 0.1) is 0 Å². The number of aliphatic carboxylic acids is 1. The van der Waals surface area contributed by atoms with E-state index in [1.807, 2.05) is 0 Å². The van der Waals surface area contributed by atoms with Gasteiger partial charge in [0.15, 0.2) is 11.5 Å². The molecular formula is C12H15NO5. The van der Waals surface area contributed by atoms with Crippen LogP contribution in [0.25, 0.3) is 0 Å². The van der Waals surface area contributed by atoms with Crippen LogP contribution in [0.1, 0.15) is 18.9 Å². The minimum absolute atomic E-state index is 0.0366. The van der Waals surface area contributed by atoms with Crippen molar-refractivity contribution in [2.45, 2.75) is 25.8 Å².